The van der Waals surface area contributed by atoms with Gasteiger partial charge in [0.1, 0.15) is 0 Å². The Morgan fingerprint density at radius 2 is 1.05 bits per heavy atom. The molecule has 1 rings (SSSR count). The highest BCUT2D eigenvalue weighted by Crippen LogP contribution is 2.48. The second-order valence-electron chi connectivity index (χ2n) is 9.32. The van der Waals surface area contributed by atoms with Crippen LogP contribution in [-0.2, 0) is 32.7 Å². The Kier molecular flexibility index (Phi) is 16.8. The van der Waals surface area contributed by atoms with Crippen LogP contribution in [0.25, 0.3) is 0 Å². The van der Waals surface area contributed by atoms with Crippen molar-refractivity contribution in [3.63, 3.8) is 0 Å². The summed E-state index contributed by atoms with van der Waals surface area (Å²) in [6.07, 6.45) is 8.91. The topological polar surface area (TPSA) is 88.1 Å². The van der Waals surface area contributed by atoms with Crippen molar-refractivity contribution in [3.8, 4) is 0 Å². The van der Waals surface area contributed by atoms with Gasteiger partial charge in [-0.3, -0.25) is 4.57 Å². The molecule has 0 unspecified atom stereocenters. The number of hydrogen-bond acceptors (Lipinski definition) is 7. The van der Waals surface area contributed by atoms with Gasteiger partial charge >= 0.3 is 19.5 Å². The molecule has 0 N–H and O–H groups in total. The predicted octanol–water partition coefficient (Wildman–Crippen LogP) is 6.99. The van der Waals surface area contributed by atoms with Crippen LogP contribution >= 0.6 is 7.60 Å². The molecule has 208 valence electrons. The summed E-state index contributed by atoms with van der Waals surface area (Å²) in [6, 6.07) is 7.48. The molecule has 0 radical (unpaired) electrons. The highest BCUT2D eigenvalue weighted by Gasteiger charge is 2.29. The van der Waals surface area contributed by atoms with Crippen molar-refractivity contribution >= 4 is 24.8 Å². The maximum atomic E-state index is 13.7. The average molecular weight is 537 g/mol. The second-order valence-corrected chi connectivity index (χ2v) is 11.3. The first-order valence-electron chi connectivity index (χ1n) is 13.3. The third-order valence-corrected chi connectivity index (χ3v) is 7.81. The van der Waals surface area contributed by atoms with Gasteiger partial charge in [-0.05, 0) is 58.1 Å². The molecule has 1 aromatic carbocycles. The van der Waals surface area contributed by atoms with Crippen molar-refractivity contribution in [2.45, 2.75) is 85.0 Å². The molecular formula is C29H45O7P. The normalized spacial score (nSPS) is 11.2. The fourth-order valence-electron chi connectivity index (χ4n) is 3.46. The van der Waals surface area contributed by atoms with Gasteiger partial charge in [0.05, 0.1) is 31.7 Å². The molecule has 0 aliphatic carbocycles. The van der Waals surface area contributed by atoms with Crippen LogP contribution in [0.2, 0.25) is 0 Å². The number of esters is 2. The lowest BCUT2D eigenvalue weighted by Gasteiger charge is -2.20. The van der Waals surface area contributed by atoms with E-state index in [1.54, 1.807) is 13.8 Å². The van der Waals surface area contributed by atoms with Gasteiger partial charge in [-0.15, -0.1) is 0 Å². The number of carbonyl (C=O) groups is 2. The van der Waals surface area contributed by atoms with E-state index in [2.05, 4.69) is 13.2 Å². The Labute approximate surface area is 223 Å². The number of aryl methyl sites for hydroxylation is 1. The Hall–Kier alpha value is -2.21. The van der Waals surface area contributed by atoms with Crippen molar-refractivity contribution in [1.29, 1.82) is 0 Å². The average Bonchev–Trinajstić information content (AvgIpc) is 2.86. The van der Waals surface area contributed by atoms with Crippen LogP contribution in [0.1, 0.15) is 83.6 Å². The van der Waals surface area contributed by atoms with Crippen molar-refractivity contribution in [1.82, 2.24) is 0 Å². The summed E-state index contributed by atoms with van der Waals surface area (Å²) in [7, 11) is -3.41. The van der Waals surface area contributed by atoms with Gasteiger partial charge in [0.15, 0.2) is 0 Å². The summed E-state index contributed by atoms with van der Waals surface area (Å²) in [5, 5.41) is 0.619. The fourth-order valence-corrected chi connectivity index (χ4v) is 5.33. The summed E-state index contributed by atoms with van der Waals surface area (Å²) < 4.78 is 35.6. The summed E-state index contributed by atoms with van der Waals surface area (Å²) in [5.41, 5.74) is 1.71. The summed E-state index contributed by atoms with van der Waals surface area (Å²) in [4.78, 5) is 22.7. The molecule has 0 atom stereocenters. The number of rotatable bonds is 21. The lowest BCUT2D eigenvalue weighted by atomic mass is 10.1. The molecule has 0 aromatic heterocycles. The van der Waals surface area contributed by atoms with E-state index in [-0.39, 0.29) is 11.9 Å². The monoisotopic (exact) mass is 536 g/mol. The second kappa shape index (κ2) is 18.9. The summed E-state index contributed by atoms with van der Waals surface area (Å²) >= 11 is 0. The van der Waals surface area contributed by atoms with Crippen molar-refractivity contribution in [3.05, 3.63) is 54.1 Å². The molecule has 0 aliphatic rings. The smallest absolute Gasteiger partial charge is 0.361 e. The van der Waals surface area contributed by atoms with Gasteiger partial charge in [0, 0.05) is 11.1 Å². The van der Waals surface area contributed by atoms with Crippen LogP contribution in [0.4, 0.5) is 0 Å². The lowest BCUT2D eigenvalue weighted by molar-refractivity contribution is -0.139. The largest absolute Gasteiger partial charge is 0.462 e. The standard InChI is InChI=1S/C29H45O7P/c1-24(2)28(30)33-20-14-8-6-10-16-22-35-37(32,27-19-13-12-18-26(27)5)36-23-17-11-7-9-15-21-34-29(31)25(3)4/h12-13,18-19H,1,3,6-11,14-17,20-23H2,2,4-5H3. The molecule has 0 heterocycles. The minimum Gasteiger partial charge on any atom is -0.462 e. The third kappa shape index (κ3) is 14.3. The van der Waals surface area contributed by atoms with Gasteiger partial charge in [-0.1, -0.05) is 69.9 Å². The van der Waals surface area contributed by atoms with Crippen LogP contribution in [0, 0.1) is 6.92 Å². The van der Waals surface area contributed by atoms with Gasteiger partial charge in [-0.2, -0.15) is 0 Å². The minimum absolute atomic E-state index is 0.345. The van der Waals surface area contributed by atoms with Crippen LogP contribution in [-0.4, -0.2) is 38.4 Å². The SMILES string of the molecule is C=C(C)C(=O)OCCCCCCCOP(=O)(OCCCCCCCOC(=O)C(=C)C)c1ccccc1C. The first kappa shape index (κ1) is 32.8. The van der Waals surface area contributed by atoms with Gasteiger partial charge in [-0.25, -0.2) is 9.59 Å². The van der Waals surface area contributed by atoms with E-state index in [1.165, 1.54) is 0 Å². The maximum Gasteiger partial charge on any atom is 0.361 e. The lowest BCUT2D eigenvalue weighted by Crippen LogP contribution is -2.14. The van der Waals surface area contributed by atoms with E-state index in [9.17, 15) is 14.2 Å². The van der Waals surface area contributed by atoms with E-state index in [4.69, 9.17) is 18.5 Å². The molecular weight excluding hydrogens is 491 g/mol. The van der Waals surface area contributed by atoms with E-state index >= 15 is 0 Å². The molecule has 8 heteroatoms. The third-order valence-electron chi connectivity index (χ3n) is 5.67. The van der Waals surface area contributed by atoms with Crippen LogP contribution in [0.3, 0.4) is 0 Å². The molecule has 0 saturated heterocycles. The summed E-state index contributed by atoms with van der Waals surface area (Å²) in [5.74, 6) is -0.691. The highest BCUT2D eigenvalue weighted by atomic mass is 31.2. The molecule has 0 saturated carbocycles. The predicted molar refractivity (Wildman–Crippen MR) is 148 cm³/mol. The zero-order valence-electron chi connectivity index (χ0n) is 22.9. The van der Waals surface area contributed by atoms with Crippen LogP contribution < -0.4 is 5.30 Å². The van der Waals surface area contributed by atoms with Gasteiger partial charge in [0.25, 0.3) is 0 Å². The minimum atomic E-state index is -3.41. The Bertz CT molecular complexity index is 861. The summed E-state index contributed by atoms with van der Waals surface area (Å²) in [6.45, 7) is 13.8. The molecule has 1 aromatic rings. The molecule has 0 spiro atoms. The molecule has 0 aliphatic heterocycles. The van der Waals surface area contributed by atoms with Gasteiger partial charge < -0.3 is 18.5 Å². The Balaban J connectivity index is 2.32. The maximum absolute atomic E-state index is 13.7. The zero-order valence-corrected chi connectivity index (χ0v) is 23.8. The first-order chi connectivity index (χ1) is 17.7. The highest BCUT2D eigenvalue weighted by molar-refractivity contribution is 7.62. The van der Waals surface area contributed by atoms with E-state index in [0.29, 0.717) is 42.9 Å². The number of benzene rings is 1. The van der Waals surface area contributed by atoms with E-state index in [1.807, 2.05) is 31.2 Å². The van der Waals surface area contributed by atoms with Crippen molar-refractivity contribution in [2.24, 2.45) is 0 Å². The van der Waals surface area contributed by atoms with Crippen molar-refractivity contribution < 1.29 is 32.7 Å². The Morgan fingerprint density at radius 1 is 0.676 bits per heavy atom. The molecule has 7 nitrogen and oxygen atoms in total. The molecule has 0 bridgehead atoms. The van der Waals surface area contributed by atoms with Crippen molar-refractivity contribution in [2.75, 3.05) is 26.4 Å². The van der Waals surface area contributed by atoms with Gasteiger partial charge in [0.2, 0.25) is 0 Å². The molecule has 0 amide bonds. The fraction of sp³-hybridized carbons (Fsp3) is 0.586. The molecule has 37 heavy (non-hydrogen) atoms. The first-order valence-corrected chi connectivity index (χ1v) is 14.8. The quantitative estimate of drug-likeness (QED) is 0.0724. The zero-order chi connectivity index (χ0) is 27.5. The Morgan fingerprint density at radius 3 is 1.46 bits per heavy atom. The van der Waals surface area contributed by atoms with Crippen LogP contribution in [0.15, 0.2) is 48.6 Å². The molecule has 0 fully saturated rings. The van der Waals surface area contributed by atoms with E-state index < -0.39 is 7.60 Å². The van der Waals surface area contributed by atoms with E-state index in [0.717, 1.165) is 69.8 Å². The van der Waals surface area contributed by atoms with Crippen LogP contribution in [0.5, 0.6) is 0 Å². The number of carbonyl (C=O) groups excluding carboxylic acids is 2. The number of ether oxygens (including phenoxy) is 2. The number of unbranched alkanes of at least 4 members (excludes halogenated alkanes) is 8. The number of hydrogen-bond donors (Lipinski definition) is 0.